The third kappa shape index (κ3) is 7.58. The number of hydrogen-bond acceptors (Lipinski definition) is 5. The van der Waals surface area contributed by atoms with E-state index in [0.717, 1.165) is 0 Å². The molecular formula is C9H14CsNO5. The molecule has 0 fully saturated rings. The van der Waals surface area contributed by atoms with Crippen LogP contribution < -0.4 is 79.3 Å². The molecule has 0 aliphatic carbocycles. The van der Waals surface area contributed by atoms with Crippen LogP contribution >= 0.6 is 0 Å². The van der Waals surface area contributed by atoms with Crippen LogP contribution in [0.15, 0.2) is 11.6 Å². The average Bonchev–Trinajstić information content (AvgIpc) is 2.14. The molecule has 0 radical (unpaired) electrons. The van der Waals surface area contributed by atoms with E-state index in [2.05, 4.69) is 14.8 Å². The second-order valence-corrected chi connectivity index (χ2v) is 2.50. The van der Waals surface area contributed by atoms with Crippen molar-refractivity contribution in [3.8, 4) is 0 Å². The minimum Gasteiger partial charge on any atom is -0.612 e. The zero-order chi connectivity index (χ0) is 11.8. The van der Waals surface area contributed by atoms with Gasteiger partial charge in [0.1, 0.15) is 5.70 Å². The topological polar surface area (TPSA) is 87.7 Å². The second kappa shape index (κ2) is 10.5. The maximum atomic E-state index is 11.2. The first-order valence-corrected chi connectivity index (χ1v) is 4.51. The Kier molecular flexibility index (Phi) is 12.2. The molecule has 6 nitrogen and oxygen atoms in total. The van der Waals surface area contributed by atoms with Gasteiger partial charge in [0.05, 0.1) is 12.6 Å². The van der Waals surface area contributed by atoms with Crippen molar-refractivity contribution < 1.29 is 93.1 Å². The zero-order valence-corrected chi connectivity index (χ0v) is 16.2. The summed E-state index contributed by atoms with van der Waals surface area (Å²) < 4.78 is 9.16. The van der Waals surface area contributed by atoms with Gasteiger partial charge >= 0.3 is 74.9 Å². The maximum absolute atomic E-state index is 11.2. The zero-order valence-electron chi connectivity index (χ0n) is 9.96. The maximum Gasteiger partial charge on any atom is 1.00 e. The van der Waals surface area contributed by atoms with E-state index >= 15 is 0 Å². The normalized spacial score (nSPS) is 10.7. The molecule has 1 amide bonds. The number of nitrogens with one attached hydrogen (secondary N) is 1. The Morgan fingerprint density at radius 1 is 1.19 bits per heavy atom. The van der Waals surface area contributed by atoms with E-state index in [-0.39, 0.29) is 82.1 Å². The van der Waals surface area contributed by atoms with Crippen LogP contribution in [0.2, 0.25) is 0 Å². The summed E-state index contributed by atoms with van der Waals surface area (Å²) in [6, 6.07) is 0. The summed E-state index contributed by atoms with van der Waals surface area (Å²) in [6.45, 7) is 4.59. The van der Waals surface area contributed by atoms with E-state index in [1.54, 1.807) is 13.8 Å². The number of ether oxygens (including phenoxy) is 2. The molecule has 0 saturated carbocycles. The molecule has 0 aromatic carbocycles. The van der Waals surface area contributed by atoms with Crippen LogP contribution in [0, 0.1) is 0 Å². The predicted molar refractivity (Wildman–Crippen MR) is 49.1 cm³/mol. The number of carbonyl (C=O) groups excluding carboxylic acids is 2. The first-order valence-electron chi connectivity index (χ1n) is 4.51. The van der Waals surface area contributed by atoms with Crippen molar-refractivity contribution in [1.29, 1.82) is 0 Å². The number of rotatable bonds is 5. The van der Waals surface area contributed by atoms with E-state index in [9.17, 15) is 14.7 Å². The molecule has 0 aromatic heterocycles. The predicted octanol–water partition coefficient (Wildman–Crippen LogP) is -3.74. The molecule has 0 spiro atoms. The van der Waals surface area contributed by atoms with Gasteiger partial charge in [-0.1, -0.05) is 6.92 Å². The molecule has 1 N–H and O–H groups in total. The Labute approximate surface area is 153 Å². The molecule has 0 saturated heterocycles. The summed E-state index contributed by atoms with van der Waals surface area (Å²) in [5.74, 6) is -2.33. The van der Waals surface area contributed by atoms with E-state index in [1.807, 2.05) is 0 Å². The third-order valence-electron chi connectivity index (χ3n) is 1.26. The van der Waals surface area contributed by atoms with Crippen molar-refractivity contribution in [2.24, 2.45) is 0 Å². The van der Waals surface area contributed by atoms with Crippen LogP contribution in [-0.2, 0) is 19.1 Å². The monoisotopic (exact) mass is 349 g/mol. The SMILES string of the molecule is CCOC(=O)C(NC(C)=O)=C([O-])OCC.[Cs+]. The number of hydrogen-bond donors (Lipinski definition) is 1. The molecule has 16 heavy (non-hydrogen) atoms. The summed E-state index contributed by atoms with van der Waals surface area (Å²) in [7, 11) is 0. The Balaban J connectivity index is 0. The summed E-state index contributed by atoms with van der Waals surface area (Å²) in [4.78, 5) is 21.9. The van der Waals surface area contributed by atoms with Crippen molar-refractivity contribution in [2.75, 3.05) is 13.2 Å². The van der Waals surface area contributed by atoms with Gasteiger partial charge in [0.15, 0.2) is 0 Å². The first kappa shape index (κ1) is 18.7. The van der Waals surface area contributed by atoms with Gasteiger partial charge in [-0.3, -0.25) is 4.79 Å². The largest absolute Gasteiger partial charge is 1.00 e. The Morgan fingerprint density at radius 2 is 1.69 bits per heavy atom. The van der Waals surface area contributed by atoms with Gasteiger partial charge in [-0.15, -0.1) is 0 Å². The van der Waals surface area contributed by atoms with Gasteiger partial charge in [0, 0.05) is 6.92 Å². The Bertz CT molecular complexity index is 277. The van der Waals surface area contributed by atoms with Crippen molar-refractivity contribution in [3.63, 3.8) is 0 Å². The molecular weight excluding hydrogens is 335 g/mol. The van der Waals surface area contributed by atoms with E-state index in [0.29, 0.717) is 0 Å². The third-order valence-corrected chi connectivity index (χ3v) is 1.26. The van der Waals surface area contributed by atoms with Crippen molar-refractivity contribution in [2.45, 2.75) is 20.8 Å². The van der Waals surface area contributed by atoms with Crippen LogP contribution in [-0.4, -0.2) is 25.1 Å². The molecule has 0 unspecified atom stereocenters. The Morgan fingerprint density at radius 3 is 2.06 bits per heavy atom. The fraction of sp³-hybridized carbons (Fsp3) is 0.556. The molecule has 0 aliphatic rings. The van der Waals surface area contributed by atoms with Crippen LogP contribution in [0.25, 0.3) is 0 Å². The first-order chi connectivity index (χ1) is 7.02. The molecule has 0 aromatic rings. The van der Waals surface area contributed by atoms with Gasteiger partial charge in [0.2, 0.25) is 5.91 Å². The van der Waals surface area contributed by atoms with Crippen molar-refractivity contribution in [3.05, 3.63) is 11.6 Å². The summed E-state index contributed by atoms with van der Waals surface area (Å²) in [5.41, 5.74) is -0.494. The van der Waals surface area contributed by atoms with Gasteiger partial charge in [-0.05, 0) is 13.5 Å². The molecule has 0 bridgehead atoms. The molecule has 0 rings (SSSR count). The van der Waals surface area contributed by atoms with Crippen LogP contribution in [0.3, 0.4) is 0 Å². The van der Waals surface area contributed by atoms with Crippen molar-refractivity contribution >= 4 is 11.9 Å². The minimum absolute atomic E-state index is 0. The van der Waals surface area contributed by atoms with E-state index in [1.165, 1.54) is 6.92 Å². The molecule has 0 atom stereocenters. The van der Waals surface area contributed by atoms with E-state index < -0.39 is 23.5 Å². The van der Waals surface area contributed by atoms with Gasteiger partial charge < -0.3 is 19.9 Å². The molecule has 0 aliphatic heterocycles. The van der Waals surface area contributed by atoms with Crippen LogP contribution in [0.5, 0.6) is 0 Å². The Hall–Kier alpha value is 0.332. The average molecular weight is 349 g/mol. The second-order valence-electron chi connectivity index (χ2n) is 2.50. The van der Waals surface area contributed by atoms with Crippen LogP contribution in [0.4, 0.5) is 0 Å². The quantitative estimate of drug-likeness (QED) is 0.313. The fourth-order valence-corrected chi connectivity index (χ4v) is 0.768. The van der Waals surface area contributed by atoms with E-state index in [4.69, 9.17) is 0 Å². The van der Waals surface area contributed by atoms with Gasteiger partial charge in [0.25, 0.3) is 0 Å². The molecule has 86 valence electrons. The van der Waals surface area contributed by atoms with Crippen LogP contribution in [0.1, 0.15) is 20.8 Å². The molecule has 7 heteroatoms. The fourth-order valence-electron chi connectivity index (χ4n) is 0.768. The standard InChI is InChI=1S/C9H15NO5.Cs/c1-4-14-8(12)7(10-6(3)11)9(13)15-5-2;/h12H,4-5H2,1-3H3,(H,10,11);/q;+1/p-1. The molecule has 0 heterocycles. The number of carbonyl (C=O) groups is 2. The summed E-state index contributed by atoms with van der Waals surface area (Å²) in [6.07, 6.45) is 0. The minimum atomic E-state index is -0.897. The summed E-state index contributed by atoms with van der Waals surface area (Å²) >= 11 is 0. The number of esters is 1. The van der Waals surface area contributed by atoms with Gasteiger partial charge in [-0.2, -0.15) is 0 Å². The number of amides is 1. The van der Waals surface area contributed by atoms with Gasteiger partial charge in [-0.25, -0.2) is 4.79 Å². The summed E-state index contributed by atoms with van der Waals surface area (Å²) in [5, 5.41) is 13.3. The smallest absolute Gasteiger partial charge is 0.612 e. The van der Waals surface area contributed by atoms with Crippen molar-refractivity contribution in [1.82, 2.24) is 5.32 Å².